The molecule has 1 saturated heterocycles. The number of ether oxygens (including phenoxy) is 1. The Morgan fingerprint density at radius 3 is 3.19 bits per heavy atom. The van der Waals surface area contributed by atoms with Crippen LogP contribution in [0.1, 0.15) is 12.8 Å². The van der Waals surface area contributed by atoms with Gasteiger partial charge in [0.1, 0.15) is 5.03 Å². The van der Waals surface area contributed by atoms with Crippen molar-refractivity contribution >= 4 is 28.4 Å². The van der Waals surface area contributed by atoms with Crippen LogP contribution in [0.3, 0.4) is 0 Å². The van der Waals surface area contributed by atoms with Crippen molar-refractivity contribution < 1.29 is 9.53 Å². The molecule has 1 aliphatic heterocycles. The zero-order valence-corrected chi connectivity index (χ0v) is 12.4. The summed E-state index contributed by atoms with van der Waals surface area (Å²) >= 11 is 1.41. The maximum Gasteiger partial charge on any atom is 0.230 e. The predicted octanol–water partition coefficient (Wildman–Crippen LogP) is 2.02. The minimum atomic E-state index is 0.00485. The van der Waals surface area contributed by atoms with E-state index in [1.54, 1.807) is 6.20 Å². The zero-order chi connectivity index (χ0) is 14.5. The molecule has 0 radical (unpaired) electrons. The molecule has 2 aromatic rings. The monoisotopic (exact) mass is 303 g/mol. The van der Waals surface area contributed by atoms with Crippen LogP contribution in [0, 0.1) is 0 Å². The summed E-state index contributed by atoms with van der Waals surface area (Å²) in [5.41, 5.74) is 0. The highest BCUT2D eigenvalue weighted by Gasteiger charge is 2.16. The smallest absolute Gasteiger partial charge is 0.230 e. The molecule has 5 nitrogen and oxygen atoms in total. The van der Waals surface area contributed by atoms with E-state index in [0.29, 0.717) is 12.3 Å². The lowest BCUT2D eigenvalue weighted by Gasteiger charge is -2.10. The summed E-state index contributed by atoms with van der Waals surface area (Å²) in [4.78, 5) is 11.9. The summed E-state index contributed by atoms with van der Waals surface area (Å²) in [6.07, 6.45) is 4.02. The average Bonchev–Trinajstić information content (AvgIpc) is 3.04. The fourth-order valence-electron chi connectivity index (χ4n) is 2.33. The lowest BCUT2D eigenvalue weighted by molar-refractivity contribution is -0.119. The highest BCUT2D eigenvalue weighted by Crippen LogP contribution is 2.24. The van der Waals surface area contributed by atoms with Gasteiger partial charge in [-0.15, -0.1) is 5.10 Å². The molecule has 1 N–H and O–H groups in total. The van der Waals surface area contributed by atoms with Crippen LogP contribution in [0.4, 0.5) is 0 Å². The summed E-state index contributed by atoms with van der Waals surface area (Å²) in [5, 5.41) is 13.9. The molecule has 1 amide bonds. The van der Waals surface area contributed by atoms with Gasteiger partial charge in [0, 0.05) is 23.9 Å². The fourth-order valence-corrected chi connectivity index (χ4v) is 3.14. The Bertz CT molecular complexity index is 624. The number of hydrogen-bond acceptors (Lipinski definition) is 5. The lowest BCUT2D eigenvalue weighted by atomic mass is 10.2. The third kappa shape index (κ3) is 3.71. The van der Waals surface area contributed by atoms with Gasteiger partial charge in [0.2, 0.25) is 5.91 Å². The van der Waals surface area contributed by atoms with E-state index in [1.807, 2.05) is 24.3 Å². The number of thioether (sulfide) groups is 1. The number of nitrogens with one attached hydrogen (secondary N) is 1. The van der Waals surface area contributed by atoms with Crippen molar-refractivity contribution in [1.82, 2.24) is 15.5 Å². The molecule has 2 heterocycles. The number of amides is 1. The van der Waals surface area contributed by atoms with Crippen molar-refractivity contribution in [3.8, 4) is 0 Å². The third-order valence-corrected chi connectivity index (χ3v) is 4.41. The summed E-state index contributed by atoms with van der Waals surface area (Å²) < 4.78 is 5.48. The van der Waals surface area contributed by atoms with E-state index >= 15 is 0 Å². The van der Waals surface area contributed by atoms with Gasteiger partial charge in [-0.25, -0.2) is 0 Å². The van der Waals surface area contributed by atoms with Gasteiger partial charge in [0.25, 0.3) is 0 Å². The quantitative estimate of drug-likeness (QED) is 0.856. The van der Waals surface area contributed by atoms with E-state index in [1.165, 1.54) is 11.8 Å². The highest BCUT2D eigenvalue weighted by molar-refractivity contribution is 8.00. The summed E-state index contributed by atoms with van der Waals surface area (Å²) in [6.45, 7) is 1.40. The molecule has 110 valence electrons. The van der Waals surface area contributed by atoms with Gasteiger partial charge < -0.3 is 10.1 Å². The van der Waals surface area contributed by atoms with E-state index in [0.717, 1.165) is 35.2 Å². The maximum atomic E-state index is 11.9. The third-order valence-electron chi connectivity index (χ3n) is 3.43. The molecule has 3 rings (SSSR count). The Morgan fingerprint density at radius 1 is 1.43 bits per heavy atom. The van der Waals surface area contributed by atoms with Crippen molar-refractivity contribution in [3.05, 3.63) is 30.5 Å². The van der Waals surface area contributed by atoms with Gasteiger partial charge >= 0.3 is 0 Å². The molecule has 1 atom stereocenters. The van der Waals surface area contributed by atoms with Gasteiger partial charge in [-0.1, -0.05) is 36.0 Å². The average molecular weight is 303 g/mol. The molecule has 1 aliphatic rings. The molecular formula is C15H17N3O2S. The van der Waals surface area contributed by atoms with Crippen molar-refractivity contribution in [2.45, 2.75) is 24.0 Å². The molecule has 0 aliphatic carbocycles. The summed E-state index contributed by atoms with van der Waals surface area (Å²) in [7, 11) is 0. The Balaban J connectivity index is 1.54. The minimum Gasteiger partial charge on any atom is -0.376 e. The van der Waals surface area contributed by atoms with Gasteiger partial charge in [0.15, 0.2) is 0 Å². The fraction of sp³-hybridized carbons (Fsp3) is 0.400. The SMILES string of the molecule is O=C(CSc1nncc2ccccc12)NC[C@@H]1CCCO1. The minimum absolute atomic E-state index is 0.00485. The first-order chi connectivity index (χ1) is 10.3. The van der Waals surface area contributed by atoms with Crippen molar-refractivity contribution in [2.24, 2.45) is 0 Å². The van der Waals surface area contributed by atoms with Crippen LogP contribution in [-0.4, -0.2) is 41.1 Å². The topological polar surface area (TPSA) is 64.1 Å². The molecule has 1 aromatic carbocycles. The first-order valence-corrected chi connectivity index (χ1v) is 8.03. The van der Waals surface area contributed by atoms with E-state index < -0.39 is 0 Å². The first kappa shape index (κ1) is 14.3. The second-order valence-electron chi connectivity index (χ2n) is 4.96. The molecule has 1 fully saturated rings. The highest BCUT2D eigenvalue weighted by atomic mass is 32.2. The van der Waals surface area contributed by atoms with Gasteiger partial charge in [-0.2, -0.15) is 5.10 Å². The van der Waals surface area contributed by atoms with Crippen LogP contribution in [0.25, 0.3) is 10.8 Å². The second-order valence-corrected chi connectivity index (χ2v) is 5.93. The number of benzene rings is 1. The molecule has 6 heteroatoms. The maximum absolute atomic E-state index is 11.9. The van der Waals surface area contributed by atoms with Crippen LogP contribution in [0.2, 0.25) is 0 Å². The standard InChI is InChI=1S/C15H17N3O2S/c19-14(16-9-12-5-3-7-20-12)10-21-15-13-6-2-1-4-11(13)8-17-18-15/h1-2,4,6,8,12H,3,5,7,9-10H2,(H,16,19)/t12-/m0/s1. The Hall–Kier alpha value is -1.66. The van der Waals surface area contributed by atoms with Gasteiger partial charge in [-0.3, -0.25) is 4.79 Å². The molecule has 0 bridgehead atoms. The number of fused-ring (bicyclic) bond motifs is 1. The van der Waals surface area contributed by atoms with Crippen molar-refractivity contribution in [2.75, 3.05) is 18.9 Å². The Labute approximate surface area is 127 Å². The number of hydrogen-bond donors (Lipinski definition) is 1. The largest absolute Gasteiger partial charge is 0.376 e. The molecule has 0 unspecified atom stereocenters. The van der Waals surface area contributed by atoms with Crippen LogP contribution < -0.4 is 5.32 Å². The van der Waals surface area contributed by atoms with E-state index in [-0.39, 0.29) is 12.0 Å². The van der Waals surface area contributed by atoms with Gasteiger partial charge in [-0.05, 0) is 12.8 Å². The number of nitrogens with zero attached hydrogens (tertiary/aromatic N) is 2. The van der Waals surface area contributed by atoms with Crippen LogP contribution >= 0.6 is 11.8 Å². The number of carbonyl (C=O) groups excluding carboxylic acids is 1. The second kappa shape index (κ2) is 6.87. The van der Waals surface area contributed by atoms with E-state index in [9.17, 15) is 4.79 Å². The molecule has 0 saturated carbocycles. The van der Waals surface area contributed by atoms with Crippen molar-refractivity contribution in [1.29, 1.82) is 0 Å². The predicted molar refractivity (Wildman–Crippen MR) is 82.2 cm³/mol. The lowest BCUT2D eigenvalue weighted by Crippen LogP contribution is -2.32. The normalized spacial score (nSPS) is 18.0. The summed E-state index contributed by atoms with van der Waals surface area (Å²) in [5.74, 6) is 0.348. The number of carbonyl (C=O) groups is 1. The Morgan fingerprint density at radius 2 is 2.33 bits per heavy atom. The summed E-state index contributed by atoms with van der Waals surface area (Å²) in [6, 6.07) is 7.92. The number of rotatable bonds is 5. The van der Waals surface area contributed by atoms with Crippen LogP contribution in [0.15, 0.2) is 35.5 Å². The molecule has 21 heavy (non-hydrogen) atoms. The number of aromatic nitrogens is 2. The molecular weight excluding hydrogens is 286 g/mol. The van der Waals surface area contributed by atoms with Crippen LogP contribution in [0.5, 0.6) is 0 Å². The Kier molecular flexibility index (Phi) is 4.67. The molecule has 0 spiro atoms. The van der Waals surface area contributed by atoms with Crippen LogP contribution in [-0.2, 0) is 9.53 Å². The van der Waals surface area contributed by atoms with E-state index in [2.05, 4.69) is 15.5 Å². The van der Waals surface area contributed by atoms with Crippen molar-refractivity contribution in [3.63, 3.8) is 0 Å². The first-order valence-electron chi connectivity index (χ1n) is 7.04. The molecule has 1 aromatic heterocycles. The zero-order valence-electron chi connectivity index (χ0n) is 11.6. The van der Waals surface area contributed by atoms with E-state index in [4.69, 9.17) is 4.74 Å². The van der Waals surface area contributed by atoms with Gasteiger partial charge in [0.05, 0.1) is 18.1 Å².